The third-order valence-electron chi connectivity index (χ3n) is 3.25. The molecule has 0 heterocycles. The van der Waals surface area contributed by atoms with Crippen molar-refractivity contribution in [1.82, 2.24) is 4.90 Å². The number of benzene rings is 1. The van der Waals surface area contributed by atoms with E-state index in [2.05, 4.69) is 0 Å². The molecule has 1 saturated carbocycles. The van der Waals surface area contributed by atoms with Gasteiger partial charge in [0.25, 0.3) is 5.91 Å². The Morgan fingerprint density at radius 1 is 1.30 bits per heavy atom. The van der Waals surface area contributed by atoms with Crippen molar-refractivity contribution >= 4 is 35.1 Å². The van der Waals surface area contributed by atoms with Gasteiger partial charge in [-0.05, 0) is 31.0 Å². The first-order chi connectivity index (χ1) is 9.38. The highest BCUT2D eigenvalue weighted by Crippen LogP contribution is 2.30. The molecule has 1 unspecified atom stereocenters. The molecular formula is C14H15Cl2NO3. The molecule has 20 heavy (non-hydrogen) atoms. The van der Waals surface area contributed by atoms with Gasteiger partial charge in [0, 0.05) is 28.2 Å². The van der Waals surface area contributed by atoms with Crippen LogP contribution in [0.5, 0.6) is 0 Å². The predicted octanol–water partition coefficient (Wildman–Crippen LogP) is 3.32. The van der Waals surface area contributed by atoms with Crippen LogP contribution in [0.2, 0.25) is 10.0 Å². The summed E-state index contributed by atoms with van der Waals surface area (Å²) in [5.74, 6) is -1.73. The predicted molar refractivity (Wildman–Crippen MR) is 77.3 cm³/mol. The van der Waals surface area contributed by atoms with Gasteiger partial charge in [-0.3, -0.25) is 9.59 Å². The second-order valence-electron chi connectivity index (χ2n) is 5.09. The molecule has 1 N–H and O–H groups in total. The Morgan fingerprint density at radius 3 is 2.30 bits per heavy atom. The molecule has 4 nitrogen and oxygen atoms in total. The minimum Gasteiger partial charge on any atom is -0.481 e. The maximum absolute atomic E-state index is 12.5. The molecule has 1 amide bonds. The second-order valence-corrected chi connectivity index (χ2v) is 5.96. The third kappa shape index (κ3) is 3.64. The Morgan fingerprint density at radius 2 is 1.85 bits per heavy atom. The van der Waals surface area contributed by atoms with E-state index in [4.69, 9.17) is 28.3 Å². The molecule has 1 aromatic carbocycles. The molecule has 1 atom stereocenters. The number of carbonyl (C=O) groups excluding carboxylic acids is 1. The van der Waals surface area contributed by atoms with Crippen LogP contribution in [0, 0.1) is 5.92 Å². The number of hydrogen-bond acceptors (Lipinski definition) is 2. The quantitative estimate of drug-likeness (QED) is 0.906. The lowest BCUT2D eigenvalue weighted by Crippen LogP contribution is -2.38. The lowest BCUT2D eigenvalue weighted by Gasteiger charge is -2.24. The number of rotatable bonds is 5. The number of carbonyl (C=O) groups is 2. The number of carboxylic acid groups (broad SMARTS) is 1. The second kappa shape index (κ2) is 6.02. The van der Waals surface area contributed by atoms with Gasteiger partial charge in [-0.25, -0.2) is 0 Å². The SMILES string of the molecule is CC(CN(C(=O)c1cc(Cl)cc(Cl)c1)C1CC1)C(=O)O. The van der Waals surface area contributed by atoms with Gasteiger partial charge in [0.05, 0.1) is 5.92 Å². The van der Waals surface area contributed by atoms with Gasteiger partial charge in [0.15, 0.2) is 0 Å². The first-order valence-corrected chi connectivity index (χ1v) is 7.14. The van der Waals surface area contributed by atoms with E-state index in [-0.39, 0.29) is 18.5 Å². The average molecular weight is 316 g/mol. The number of carboxylic acids is 1. The van der Waals surface area contributed by atoms with Crippen molar-refractivity contribution in [3.63, 3.8) is 0 Å². The van der Waals surface area contributed by atoms with E-state index < -0.39 is 11.9 Å². The lowest BCUT2D eigenvalue weighted by molar-refractivity contribution is -0.141. The van der Waals surface area contributed by atoms with Crippen molar-refractivity contribution in [2.24, 2.45) is 5.92 Å². The number of aliphatic carboxylic acids is 1. The molecule has 0 radical (unpaired) electrons. The van der Waals surface area contributed by atoms with Crippen LogP contribution in [0.25, 0.3) is 0 Å². The molecular weight excluding hydrogens is 301 g/mol. The van der Waals surface area contributed by atoms with Crippen LogP contribution in [0.1, 0.15) is 30.1 Å². The van der Waals surface area contributed by atoms with Crippen LogP contribution in [-0.2, 0) is 4.79 Å². The fourth-order valence-corrected chi connectivity index (χ4v) is 2.53. The molecule has 0 bridgehead atoms. The van der Waals surface area contributed by atoms with E-state index >= 15 is 0 Å². The van der Waals surface area contributed by atoms with E-state index in [1.807, 2.05) is 0 Å². The zero-order chi connectivity index (χ0) is 14.9. The summed E-state index contributed by atoms with van der Waals surface area (Å²) in [4.78, 5) is 25.1. The zero-order valence-corrected chi connectivity index (χ0v) is 12.5. The molecule has 1 fully saturated rings. The van der Waals surface area contributed by atoms with Crippen molar-refractivity contribution in [2.75, 3.05) is 6.54 Å². The van der Waals surface area contributed by atoms with Crippen LogP contribution >= 0.6 is 23.2 Å². The van der Waals surface area contributed by atoms with Crippen molar-refractivity contribution in [3.8, 4) is 0 Å². The van der Waals surface area contributed by atoms with Crippen LogP contribution in [0.15, 0.2) is 18.2 Å². The van der Waals surface area contributed by atoms with Gasteiger partial charge < -0.3 is 10.0 Å². The van der Waals surface area contributed by atoms with Crippen LogP contribution in [-0.4, -0.2) is 34.5 Å². The molecule has 6 heteroatoms. The van der Waals surface area contributed by atoms with Crippen LogP contribution in [0.4, 0.5) is 0 Å². The molecule has 0 aromatic heterocycles. The van der Waals surface area contributed by atoms with Crippen molar-refractivity contribution in [2.45, 2.75) is 25.8 Å². The molecule has 0 saturated heterocycles. The number of halogens is 2. The summed E-state index contributed by atoms with van der Waals surface area (Å²) in [5, 5.41) is 9.78. The van der Waals surface area contributed by atoms with Crippen molar-refractivity contribution < 1.29 is 14.7 Å². The van der Waals surface area contributed by atoms with E-state index in [0.717, 1.165) is 12.8 Å². The Labute approximate surface area is 127 Å². The highest BCUT2D eigenvalue weighted by Gasteiger charge is 2.35. The first-order valence-electron chi connectivity index (χ1n) is 6.38. The van der Waals surface area contributed by atoms with Crippen LogP contribution in [0.3, 0.4) is 0 Å². The summed E-state index contributed by atoms with van der Waals surface area (Å²) >= 11 is 11.8. The van der Waals surface area contributed by atoms with Gasteiger partial charge in [0.1, 0.15) is 0 Å². The maximum atomic E-state index is 12.5. The van der Waals surface area contributed by atoms with E-state index in [1.54, 1.807) is 30.0 Å². The summed E-state index contributed by atoms with van der Waals surface area (Å²) in [6.07, 6.45) is 1.82. The van der Waals surface area contributed by atoms with E-state index in [1.165, 1.54) is 0 Å². The highest BCUT2D eigenvalue weighted by atomic mass is 35.5. The zero-order valence-electron chi connectivity index (χ0n) is 11.0. The summed E-state index contributed by atoms with van der Waals surface area (Å²) in [5.41, 5.74) is 0.395. The molecule has 1 aliphatic carbocycles. The number of nitrogens with zero attached hydrogens (tertiary/aromatic N) is 1. The Balaban J connectivity index is 2.20. The van der Waals surface area contributed by atoms with Gasteiger partial charge in [0.2, 0.25) is 0 Å². The third-order valence-corrected chi connectivity index (χ3v) is 3.69. The van der Waals surface area contributed by atoms with Crippen molar-refractivity contribution in [1.29, 1.82) is 0 Å². The number of hydrogen-bond donors (Lipinski definition) is 1. The topological polar surface area (TPSA) is 57.6 Å². The molecule has 1 aliphatic rings. The molecule has 0 aliphatic heterocycles. The maximum Gasteiger partial charge on any atom is 0.308 e. The standard InChI is InChI=1S/C14H15Cl2NO3/c1-8(14(19)20)7-17(12-2-3-12)13(18)9-4-10(15)6-11(16)5-9/h4-6,8,12H,2-3,7H2,1H3,(H,19,20). The fourth-order valence-electron chi connectivity index (χ4n) is 2.00. The molecule has 1 aromatic rings. The molecule has 108 valence electrons. The fraction of sp³-hybridized carbons (Fsp3) is 0.429. The Bertz CT molecular complexity index is 523. The normalized spacial score (nSPS) is 15.8. The summed E-state index contributed by atoms with van der Waals surface area (Å²) in [6.45, 7) is 1.79. The molecule has 0 spiro atoms. The summed E-state index contributed by atoms with van der Waals surface area (Å²) in [7, 11) is 0. The minimum atomic E-state index is -0.910. The summed E-state index contributed by atoms with van der Waals surface area (Å²) in [6, 6.07) is 4.79. The van der Waals surface area contributed by atoms with Gasteiger partial charge >= 0.3 is 5.97 Å². The minimum absolute atomic E-state index is 0.127. The van der Waals surface area contributed by atoms with E-state index in [9.17, 15) is 9.59 Å². The van der Waals surface area contributed by atoms with Gasteiger partial charge in [-0.15, -0.1) is 0 Å². The summed E-state index contributed by atoms with van der Waals surface area (Å²) < 4.78 is 0. The van der Waals surface area contributed by atoms with E-state index in [0.29, 0.717) is 15.6 Å². The monoisotopic (exact) mass is 315 g/mol. The van der Waals surface area contributed by atoms with Gasteiger partial charge in [-0.2, -0.15) is 0 Å². The van der Waals surface area contributed by atoms with Crippen LogP contribution < -0.4 is 0 Å². The lowest BCUT2D eigenvalue weighted by atomic mass is 10.1. The highest BCUT2D eigenvalue weighted by molar-refractivity contribution is 6.35. The van der Waals surface area contributed by atoms with Crippen molar-refractivity contribution in [3.05, 3.63) is 33.8 Å². The molecule has 2 rings (SSSR count). The smallest absolute Gasteiger partial charge is 0.308 e. The first kappa shape index (κ1) is 15.1. The van der Waals surface area contributed by atoms with Gasteiger partial charge in [-0.1, -0.05) is 30.1 Å². The Kier molecular flexibility index (Phi) is 4.55. The Hall–Kier alpha value is -1.26. The number of amides is 1. The largest absolute Gasteiger partial charge is 0.481 e. The average Bonchev–Trinajstić information content (AvgIpc) is 3.17.